The molecule has 0 heterocycles. The summed E-state index contributed by atoms with van der Waals surface area (Å²) in [6.45, 7) is 0. The molecule has 0 amide bonds. The van der Waals surface area contributed by atoms with E-state index in [0.717, 1.165) is 0 Å². The Bertz CT molecular complexity index is 351. The van der Waals surface area contributed by atoms with Crippen LogP contribution in [0.4, 0.5) is 18.9 Å². The summed E-state index contributed by atoms with van der Waals surface area (Å²) in [7, 11) is 0. The fourth-order valence-electron chi connectivity index (χ4n) is 1.04. The lowest BCUT2D eigenvalue weighted by Crippen LogP contribution is -2.10. The molecule has 1 aromatic rings. The van der Waals surface area contributed by atoms with E-state index in [-0.39, 0.29) is 10.2 Å². The van der Waals surface area contributed by atoms with Gasteiger partial charge in [-0.25, -0.2) is 0 Å². The van der Waals surface area contributed by atoms with Crippen LogP contribution in [-0.2, 0) is 6.18 Å². The smallest absolute Gasteiger partial charge is 0.397 e. The van der Waals surface area contributed by atoms with Gasteiger partial charge in [-0.3, -0.25) is 0 Å². The van der Waals surface area contributed by atoms with Crippen LogP contribution in [0.15, 0.2) is 21.5 Å². The minimum atomic E-state index is -4.42. The zero-order valence-corrected chi connectivity index (χ0v) is 9.55. The summed E-state index contributed by atoms with van der Waals surface area (Å²) in [5, 5.41) is 0. The van der Waals surface area contributed by atoms with E-state index in [4.69, 9.17) is 5.73 Å². The molecular formula is C8H7BrF3NS. The highest BCUT2D eigenvalue weighted by molar-refractivity contribution is 9.10. The number of rotatable bonds is 1. The lowest BCUT2D eigenvalue weighted by molar-refractivity contribution is -0.137. The molecule has 0 aliphatic heterocycles. The summed E-state index contributed by atoms with van der Waals surface area (Å²) < 4.78 is 37.5. The zero-order chi connectivity index (χ0) is 10.9. The third-order valence-electron chi connectivity index (χ3n) is 1.66. The molecule has 1 aromatic carbocycles. The number of hydrogen-bond donors (Lipinski definition) is 1. The summed E-state index contributed by atoms with van der Waals surface area (Å²) in [4.78, 5) is 0.431. The Hall–Kier alpha value is -0.360. The van der Waals surface area contributed by atoms with Crippen LogP contribution in [0.3, 0.4) is 0 Å². The van der Waals surface area contributed by atoms with Gasteiger partial charge in [0.25, 0.3) is 0 Å². The number of alkyl halides is 3. The van der Waals surface area contributed by atoms with Crippen LogP contribution < -0.4 is 5.73 Å². The Kier molecular flexibility index (Phi) is 3.36. The Labute approximate surface area is 92.0 Å². The SMILES string of the molecule is CSc1ccc(Br)c(C(F)(F)F)c1N. The van der Waals surface area contributed by atoms with Crippen LogP contribution in [0, 0.1) is 0 Å². The van der Waals surface area contributed by atoms with Crippen molar-refractivity contribution in [3.8, 4) is 0 Å². The normalized spacial score (nSPS) is 11.8. The van der Waals surface area contributed by atoms with Crippen molar-refractivity contribution in [2.24, 2.45) is 0 Å². The second kappa shape index (κ2) is 4.02. The Morgan fingerprint density at radius 1 is 1.36 bits per heavy atom. The van der Waals surface area contributed by atoms with Gasteiger partial charge < -0.3 is 5.73 Å². The molecule has 78 valence electrons. The maximum atomic E-state index is 12.5. The Morgan fingerprint density at radius 3 is 2.36 bits per heavy atom. The molecule has 0 aromatic heterocycles. The number of anilines is 1. The third kappa shape index (κ3) is 2.17. The maximum absolute atomic E-state index is 12.5. The first-order chi connectivity index (χ1) is 6.38. The van der Waals surface area contributed by atoms with Crippen molar-refractivity contribution in [3.63, 3.8) is 0 Å². The first-order valence-electron chi connectivity index (χ1n) is 3.57. The van der Waals surface area contributed by atoms with Crippen molar-refractivity contribution in [2.45, 2.75) is 11.1 Å². The molecule has 2 N–H and O–H groups in total. The molecule has 6 heteroatoms. The van der Waals surface area contributed by atoms with Crippen molar-refractivity contribution in [1.29, 1.82) is 0 Å². The van der Waals surface area contributed by atoms with E-state index < -0.39 is 11.7 Å². The summed E-state index contributed by atoms with van der Waals surface area (Å²) >= 11 is 4.03. The molecule has 0 aliphatic carbocycles. The molecule has 0 aliphatic rings. The lowest BCUT2D eigenvalue weighted by atomic mass is 10.2. The van der Waals surface area contributed by atoms with E-state index in [1.807, 2.05) is 0 Å². The summed E-state index contributed by atoms with van der Waals surface area (Å²) in [6.07, 6.45) is -2.74. The topological polar surface area (TPSA) is 26.0 Å². The van der Waals surface area contributed by atoms with Crippen LogP contribution in [0.2, 0.25) is 0 Å². The number of nitrogens with two attached hydrogens (primary N) is 1. The van der Waals surface area contributed by atoms with Gasteiger partial charge >= 0.3 is 6.18 Å². The van der Waals surface area contributed by atoms with Gasteiger partial charge in [0.05, 0.1) is 11.3 Å². The van der Waals surface area contributed by atoms with Gasteiger partial charge in [0, 0.05) is 9.37 Å². The standard InChI is InChI=1S/C8H7BrF3NS/c1-14-5-3-2-4(9)6(7(5)13)8(10,11)12/h2-3H,13H2,1H3. The van der Waals surface area contributed by atoms with Gasteiger partial charge in [0.15, 0.2) is 0 Å². The second-order valence-corrected chi connectivity index (χ2v) is 4.24. The molecule has 0 unspecified atom stereocenters. The number of halogens is 4. The van der Waals surface area contributed by atoms with E-state index in [0.29, 0.717) is 4.90 Å². The summed E-state index contributed by atoms with van der Waals surface area (Å²) in [5.74, 6) is 0. The first kappa shape index (κ1) is 11.7. The minimum absolute atomic E-state index is 0.0275. The van der Waals surface area contributed by atoms with Crippen LogP contribution in [0.1, 0.15) is 5.56 Å². The second-order valence-electron chi connectivity index (χ2n) is 2.54. The summed E-state index contributed by atoms with van der Waals surface area (Å²) in [6, 6.07) is 2.91. The Morgan fingerprint density at radius 2 is 1.93 bits per heavy atom. The van der Waals surface area contributed by atoms with Crippen LogP contribution in [0.5, 0.6) is 0 Å². The minimum Gasteiger partial charge on any atom is -0.397 e. The molecule has 0 bridgehead atoms. The lowest BCUT2D eigenvalue weighted by Gasteiger charge is -2.14. The molecule has 0 saturated carbocycles. The largest absolute Gasteiger partial charge is 0.419 e. The average Bonchev–Trinajstić information content (AvgIpc) is 2.02. The molecule has 0 fully saturated rings. The predicted molar refractivity (Wildman–Crippen MR) is 55.3 cm³/mol. The fourth-order valence-corrected chi connectivity index (χ4v) is 2.14. The molecule has 0 saturated heterocycles. The number of nitrogen functional groups attached to an aromatic ring is 1. The van der Waals surface area contributed by atoms with E-state index in [9.17, 15) is 13.2 Å². The van der Waals surface area contributed by atoms with Gasteiger partial charge in [0.1, 0.15) is 0 Å². The highest BCUT2D eigenvalue weighted by atomic mass is 79.9. The van der Waals surface area contributed by atoms with E-state index >= 15 is 0 Å². The molecular weight excluding hydrogens is 279 g/mol. The van der Waals surface area contributed by atoms with Gasteiger partial charge in [-0.05, 0) is 18.4 Å². The van der Waals surface area contributed by atoms with Gasteiger partial charge in [-0.15, -0.1) is 11.8 Å². The fraction of sp³-hybridized carbons (Fsp3) is 0.250. The summed E-state index contributed by atoms with van der Waals surface area (Å²) in [5.41, 5.74) is 4.39. The van der Waals surface area contributed by atoms with E-state index in [2.05, 4.69) is 15.9 Å². The van der Waals surface area contributed by atoms with Gasteiger partial charge in [-0.2, -0.15) is 13.2 Å². The molecule has 1 rings (SSSR count). The molecule has 0 spiro atoms. The first-order valence-corrected chi connectivity index (χ1v) is 5.59. The van der Waals surface area contributed by atoms with Crippen molar-refractivity contribution < 1.29 is 13.2 Å². The molecule has 1 nitrogen and oxygen atoms in total. The highest BCUT2D eigenvalue weighted by Gasteiger charge is 2.36. The van der Waals surface area contributed by atoms with Crippen molar-refractivity contribution in [1.82, 2.24) is 0 Å². The molecule has 0 atom stereocenters. The monoisotopic (exact) mass is 285 g/mol. The van der Waals surface area contributed by atoms with Crippen molar-refractivity contribution in [2.75, 3.05) is 12.0 Å². The number of hydrogen-bond acceptors (Lipinski definition) is 2. The third-order valence-corrected chi connectivity index (χ3v) is 3.11. The van der Waals surface area contributed by atoms with Crippen LogP contribution >= 0.6 is 27.7 Å². The van der Waals surface area contributed by atoms with E-state index in [1.54, 1.807) is 12.3 Å². The predicted octanol–water partition coefficient (Wildman–Crippen LogP) is 3.77. The number of thioether (sulfide) groups is 1. The van der Waals surface area contributed by atoms with Crippen molar-refractivity contribution in [3.05, 3.63) is 22.2 Å². The average molecular weight is 286 g/mol. The quantitative estimate of drug-likeness (QED) is 0.628. The van der Waals surface area contributed by atoms with Gasteiger partial charge in [-0.1, -0.05) is 15.9 Å². The zero-order valence-electron chi connectivity index (χ0n) is 7.15. The Balaban J connectivity index is 3.40. The van der Waals surface area contributed by atoms with Crippen LogP contribution in [0.25, 0.3) is 0 Å². The molecule has 0 radical (unpaired) electrons. The van der Waals surface area contributed by atoms with Gasteiger partial charge in [0.2, 0.25) is 0 Å². The number of benzene rings is 1. The van der Waals surface area contributed by atoms with Crippen LogP contribution in [-0.4, -0.2) is 6.26 Å². The van der Waals surface area contributed by atoms with E-state index in [1.165, 1.54) is 17.8 Å². The van der Waals surface area contributed by atoms with Crippen molar-refractivity contribution >= 4 is 33.4 Å². The molecule has 14 heavy (non-hydrogen) atoms. The highest BCUT2D eigenvalue weighted by Crippen LogP contribution is 2.42. The maximum Gasteiger partial charge on any atom is 0.419 e.